The minimum Gasteiger partial charge on any atom is -0.466 e. The number of hydrogen-bond acceptors (Lipinski definition) is 6. The number of hydrazine groups is 1. The summed E-state index contributed by atoms with van der Waals surface area (Å²) in [6, 6.07) is 7.64. The summed E-state index contributed by atoms with van der Waals surface area (Å²) in [6.07, 6.45) is 8.66. The molecule has 2 unspecified atom stereocenters. The second-order valence-electron chi connectivity index (χ2n) is 8.64. The number of amidine groups is 1. The lowest BCUT2D eigenvalue weighted by Crippen LogP contribution is -2.47. The van der Waals surface area contributed by atoms with Crippen molar-refractivity contribution in [2.45, 2.75) is 58.9 Å². The van der Waals surface area contributed by atoms with Gasteiger partial charge < -0.3 is 15.8 Å². The van der Waals surface area contributed by atoms with Gasteiger partial charge in [-0.25, -0.2) is 11.0 Å². The van der Waals surface area contributed by atoms with E-state index in [1.54, 1.807) is 6.92 Å². The first kappa shape index (κ1) is 26.1. The Bertz CT molecular complexity index is 890. The van der Waals surface area contributed by atoms with Crippen molar-refractivity contribution in [1.82, 2.24) is 10.4 Å². The smallest absolute Gasteiger partial charge is 0.307 e. The maximum absolute atomic E-state index is 12.7. The second kappa shape index (κ2) is 12.8. The molecule has 8 nitrogen and oxygen atoms in total. The van der Waals surface area contributed by atoms with Crippen molar-refractivity contribution >= 4 is 23.3 Å². The highest BCUT2D eigenvalue weighted by atomic mass is 16.5. The summed E-state index contributed by atoms with van der Waals surface area (Å²) in [7, 11) is 0. The number of amides is 1. The Morgan fingerprint density at radius 1 is 1.18 bits per heavy atom. The van der Waals surface area contributed by atoms with E-state index in [0.29, 0.717) is 6.54 Å². The molecule has 0 aliphatic heterocycles. The molecule has 180 valence electrons. The van der Waals surface area contributed by atoms with Crippen LogP contribution >= 0.6 is 0 Å². The van der Waals surface area contributed by atoms with Gasteiger partial charge in [0.05, 0.1) is 19.6 Å². The normalized spacial score (nSPS) is 15.6. The van der Waals surface area contributed by atoms with E-state index in [0.717, 1.165) is 29.1 Å². The van der Waals surface area contributed by atoms with E-state index in [1.165, 1.54) is 5.57 Å². The van der Waals surface area contributed by atoms with Crippen LogP contribution in [0.5, 0.6) is 0 Å². The molecular weight excluding hydrogens is 418 g/mol. The molecule has 8 heteroatoms. The van der Waals surface area contributed by atoms with Crippen molar-refractivity contribution in [3.63, 3.8) is 0 Å². The molecule has 0 fully saturated rings. The van der Waals surface area contributed by atoms with E-state index in [-0.39, 0.29) is 36.7 Å². The molecule has 0 saturated carbocycles. The van der Waals surface area contributed by atoms with Gasteiger partial charge >= 0.3 is 5.97 Å². The van der Waals surface area contributed by atoms with Crippen LogP contribution < -0.4 is 16.9 Å². The SMILES string of the molecule is CCOC(=O)CC(NC(=O)C(N)=NN(N)CC(C)C)C(C)c1ccc(C2=CCCC=C2)cc1. The van der Waals surface area contributed by atoms with Gasteiger partial charge in [0.2, 0.25) is 5.84 Å². The number of rotatable bonds is 10. The van der Waals surface area contributed by atoms with E-state index in [1.807, 2.05) is 32.9 Å². The number of ether oxygens (including phenoxy) is 1. The van der Waals surface area contributed by atoms with E-state index < -0.39 is 11.9 Å². The Labute approximate surface area is 196 Å². The van der Waals surface area contributed by atoms with Crippen molar-refractivity contribution in [1.29, 1.82) is 0 Å². The van der Waals surface area contributed by atoms with Crippen LogP contribution in [0, 0.1) is 5.92 Å². The van der Waals surface area contributed by atoms with Crippen molar-refractivity contribution in [2.75, 3.05) is 13.2 Å². The van der Waals surface area contributed by atoms with Crippen LogP contribution in [0.1, 0.15) is 64.0 Å². The zero-order valence-electron chi connectivity index (χ0n) is 20.1. The van der Waals surface area contributed by atoms with E-state index >= 15 is 0 Å². The van der Waals surface area contributed by atoms with E-state index in [2.05, 4.69) is 40.8 Å². The minimum atomic E-state index is -0.579. The fourth-order valence-electron chi connectivity index (χ4n) is 3.63. The van der Waals surface area contributed by atoms with Gasteiger partial charge in [0.15, 0.2) is 0 Å². The van der Waals surface area contributed by atoms with Crippen molar-refractivity contribution < 1.29 is 14.3 Å². The van der Waals surface area contributed by atoms with Crippen LogP contribution in [0.2, 0.25) is 0 Å². The van der Waals surface area contributed by atoms with Crippen LogP contribution in [0.25, 0.3) is 5.57 Å². The number of hydrogen-bond donors (Lipinski definition) is 3. The molecule has 1 amide bonds. The molecule has 0 bridgehead atoms. The number of nitrogens with one attached hydrogen (secondary N) is 1. The molecule has 5 N–H and O–H groups in total. The number of carbonyl (C=O) groups excluding carboxylic acids is 2. The highest BCUT2D eigenvalue weighted by Gasteiger charge is 2.26. The van der Waals surface area contributed by atoms with Gasteiger partial charge in [-0.15, -0.1) is 5.10 Å². The molecule has 2 rings (SSSR count). The third-order valence-corrected chi connectivity index (χ3v) is 5.40. The number of nitrogens with two attached hydrogens (primary N) is 2. The van der Waals surface area contributed by atoms with Crippen LogP contribution in [0.15, 0.2) is 47.6 Å². The molecule has 0 heterocycles. The standard InChI is InChI=1S/C25H37N5O3/c1-5-33-23(31)15-22(28-25(32)24(26)29-30(27)16-17(2)3)18(4)19-11-13-21(14-12-19)20-9-7-6-8-10-20/h7,9-14,17-18,22H,5-6,8,15-16,27H2,1-4H3,(H2,26,29)(H,28,32). The third kappa shape index (κ3) is 8.38. The van der Waals surface area contributed by atoms with Gasteiger partial charge in [-0.1, -0.05) is 63.3 Å². The first-order valence-corrected chi connectivity index (χ1v) is 11.5. The quantitative estimate of drug-likeness (QED) is 0.164. The Kier molecular flexibility index (Phi) is 10.1. The van der Waals surface area contributed by atoms with Crippen molar-refractivity contribution in [3.8, 4) is 0 Å². The molecule has 0 spiro atoms. The summed E-state index contributed by atoms with van der Waals surface area (Å²) in [5.41, 5.74) is 9.19. The third-order valence-electron chi connectivity index (χ3n) is 5.40. The highest BCUT2D eigenvalue weighted by Crippen LogP contribution is 2.26. The van der Waals surface area contributed by atoms with Crippen LogP contribution in [-0.2, 0) is 14.3 Å². The Hall–Kier alpha value is -3.13. The van der Waals surface area contributed by atoms with Gasteiger partial charge in [-0.05, 0) is 42.4 Å². The van der Waals surface area contributed by atoms with Gasteiger partial charge in [-0.2, -0.15) is 0 Å². The maximum atomic E-state index is 12.7. The van der Waals surface area contributed by atoms with Crippen molar-refractivity contribution in [2.24, 2.45) is 22.6 Å². The summed E-state index contributed by atoms with van der Waals surface area (Å²) in [5, 5.41) is 7.94. The van der Waals surface area contributed by atoms with E-state index in [4.69, 9.17) is 16.3 Å². The zero-order chi connectivity index (χ0) is 24.4. The average Bonchev–Trinajstić information content (AvgIpc) is 2.78. The summed E-state index contributed by atoms with van der Waals surface area (Å²) in [4.78, 5) is 24.9. The monoisotopic (exact) mass is 455 g/mol. The van der Waals surface area contributed by atoms with Gasteiger partial charge in [0.1, 0.15) is 0 Å². The second-order valence-corrected chi connectivity index (χ2v) is 8.64. The fraction of sp³-hybridized carbons (Fsp3) is 0.480. The predicted octanol–water partition coefficient (Wildman–Crippen LogP) is 3.07. The minimum absolute atomic E-state index is 0.0159. The van der Waals surface area contributed by atoms with Crippen LogP contribution in [0.3, 0.4) is 0 Å². The summed E-state index contributed by atoms with van der Waals surface area (Å²) >= 11 is 0. The molecule has 1 aromatic carbocycles. The van der Waals surface area contributed by atoms with Crippen LogP contribution in [0.4, 0.5) is 0 Å². The Morgan fingerprint density at radius 3 is 2.45 bits per heavy atom. The molecule has 0 radical (unpaired) electrons. The van der Waals surface area contributed by atoms with Crippen LogP contribution in [-0.4, -0.2) is 42.0 Å². The summed E-state index contributed by atoms with van der Waals surface area (Å²) in [5.74, 6) is 4.66. The van der Waals surface area contributed by atoms with Gasteiger partial charge in [0.25, 0.3) is 5.91 Å². The molecule has 0 aromatic heterocycles. The number of allylic oxidation sites excluding steroid dienone is 4. The maximum Gasteiger partial charge on any atom is 0.307 e. The molecule has 1 aliphatic carbocycles. The van der Waals surface area contributed by atoms with E-state index in [9.17, 15) is 9.59 Å². The largest absolute Gasteiger partial charge is 0.466 e. The molecule has 0 saturated heterocycles. The fourth-order valence-corrected chi connectivity index (χ4v) is 3.63. The first-order valence-electron chi connectivity index (χ1n) is 11.5. The topological polar surface area (TPSA) is 123 Å². The first-order chi connectivity index (χ1) is 15.7. The summed E-state index contributed by atoms with van der Waals surface area (Å²) < 4.78 is 5.11. The molecular formula is C25H37N5O3. The predicted molar refractivity (Wildman–Crippen MR) is 132 cm³/mol. The molecule has 2 atom stereocenters. The number of esters is 1. The highest BCUT2D eigenvalue weighted by molar-refractivity contribution is 6.37. The molecule has 1 aromatic rings. The lowest BCUT2D eigenvalue weighted by molar-refractivity contribution is -0.143. The van der Waals surface area contributed by atoms with Gasteiger partial charge in [0, 0.05) is 12.0 Å². The lowest BCUT2D eigenvalue weighted by Gasteiger charge is -2.25. The molecule has 1 aliphatic rings. The van der Waals surface area contributed by atoms with Crippen molar-refractivity contribution in [3.05, 3.63) is 53.6 Å². The molecule has 33 heavy (non-hydrogen) atoms. The number of carbonyl (C=O) groups is 2. The van der Waals surface area contributed by atoms with Gasteiger partial charge in [-0.3, -0.25) is 9.59 Å². The number of benzene rings is 1. The number of nitrogens with zero attached hydrogens (tertiary/aromatic N) is 2. The Balaban J connectivity index is 2.17. The lowest BCUT2D eigenvalue weighted by atomic mass is 9.89. The number of hydrazone groups is 1. The average molecular weight is 456 g/mol. The zero-order valence-corrected chi connectivity index (χ0v) is 20.1. The Morgan fingerprint density at radius 2 is 1.88 bits per heavy atom. The summed E-state index contributed by atoms with van der Waals surface area (Å²) in [6.45, 7) is 8.39.